The zero-order chi connectivity index (χ0) is 19.7. The van der Waals surface area contributed by atoms with Gasteiger partial charge in [-0.05, 0) is 42.9 Å². The summed E-state index contributed by atoms with van der Waals surface area (Å²) in [5.74, 6) is -0.169. The number of nitro benzene ring substituents is 1. The minimum Gasteiger partial charge on any atom is -0.334 e. The molecule has 1 unspecified atom stereocenters. The number of nitrogens with zero attached hydrogens (tertiary/aromatic N) is 3. The first kappa shape index (κ1) is 18.2. The van der Waals surface area contributed by atoms with Gasteiger partial charge in [-0.3, -0.25) is 20.0 Å². The van der Waals surface area contributed by atoms with Gasteiger partial charge < -0.3 is 4.90 Å². The molecule has 0 bridgehead atoms. The van der Waals surface area contributed by atoms with Crippen molar-refractivity contribution in [2.24, 2.45) is 0 Å². The second kappa shape index (κ2) is 7.42. The average molecular weight is 378 g/mol. The number of rotatable bonds is 5. The third kappa shape index (κ3) is 3.24. The fourth-order valence-corrected chi connectivity index (χ4v) is 4.05. The van der Waals surface area contributed by atoms with Gasteiger partial charge in [0.2, 0.25) is 0 Å². The second-order valence-corrected chi connectivity index (χ2v) is 7.22. The molecule has 1 aliphatic carbocycles. The largest absolute Gasteiger partial charge is 0.334 e. The molecule has 1 N–H and O–H groups in total. The van der Waals surface area contributed by atoms with E-state index < -0.39 is 4.92 Å². The maximum atomic E-state index is 13.4. The van der Waals surface area contributed by atoms with Gasteiger partial charge in [0.25, 0.3) is 11.6 Å². The summed E-state index contributed by atoms with van der Waals surface area (Å²) in [5, 5.41) is 18.7. The van der Waals surface area contributed by atoms with Crippen LogP contribution in [0.4, 0.5) is 5.69 Å². The van der Waals surface area contributed by atoms with Crippen LogP contribution in [-0.2, 0) is 12.8 Å². The smallest absolute Gasteiger partial charge is 0.275 e. The lowest BCUT2D eigenvalue weighted by Crippen LogP contribution is -2.44. The van der Waals surface area contributed by atoms with Crippen LogP contribution in [0.5, 0.6) is 0 Å². The highest BCUT2D eigenvalue weighted by molar-refractivity contribution is 6.05. The number of aromatic amines is 1. The van der Waals surface area contributed by atoms with Gasteiger partial charge in [-0.15, -0.1) is 0 Å². The number of nitro groups is 1. The van der Waals surface area contributed by atoms with Crippen molar-refractivity contribution < 1.29 is 9.72 Å². The lowest BCUT2D eigenvalue weighted by molar-refractivity contribution is -0.384. The van der Waals surface area contributed by atoms with Gasteiger partial charge in [0.15, 0.2) is 5.69 Å². The van der Waals surface area contributed by atoms with E-state index in [9.17, 15) is 14.9 Å². The van der Waals surface area contributed by atoms with Gasteiger partial charge in [-0.25, -0.2) is 0 Å². The Balaban J connectivity index is 1.67. The van der Waals surface area contributed by atoms with Crippen molar-refractivity contribution in [2.45, 2.75) is 38.6 Å². The summed E-state index contributed by atoms with van der Waals surface area (Å²) >= 11 is 0. The third-order valence-corrected chi connectivity index (χ3v) is 5.45. The molecule has 1 aliphatic rings. The summed E-state index contributed by atoms with van der Waals surface area (Å²) in [4.78, 5) is 25.9. The summed E-state index contributed by atoms with van der Waals surface area (Å²) in [6.07, 6.45) is 3.52. The summed E-state index contributed by atoms with van der Waals surface area (Å²) < 4.78 is 0. The highest BCUT2D eigenvalue weighted by Crippen LogP contribution is 2.28. The fraction of sp³-hybridized carbons (Fsp3) is 0.333. The first-order chi connectivity index (χ1) is 13.6. The first-order valence-corrected chi connectivity index (χ1v) is 9.58. The number of fused-ring (bicyclic) bond motifs is 2. The molecule has 144 valence electrons. The summed E-state index contributed by atoms with van der Waals surface area (Å²) in [5.41, 5.74) is 3.47. The number of carbonyl (C=O) groups is 1. The van der Waals surface area contributed by atoms with Crippen LogP contribution in [0, 0.1) is 10.1 Å². The van der Waals surface area contributed by atoms with Gasteiger partial charge in [-0.1, -0.05) is 31.2 Å². The zero-order valence-electron chi connectivity index (χ0n) is 15.7. The number of non-ortho nitro benzene ring substituents is 1. The number of aromatic nitrogens is 2. The third-order valence-electron chi connectivity index (χ3n) is 5.45. The predicted molar refractivity (Wildman–Crippen MR) is 106 cm³/mol. The second-order valence-electron chi connectivity index (χ2n) is 7.22. The Bertz CT molecular complexity index is 1040. The Kier molecular flexibility index (Phi) is 4.81. The topological polar surface area (TPSA) is 92.1 Å². The van der Waals surface area contributed by atoms with Gasteiger partial charge >= 0.3 is 0 Å². The molecule has 28 heavy (non-hydrogen) atoms. The average Bonchev–Trinajstić information content (AvgIpc) is 3.14. The van der Waals surface area contributed by atoms with Crippen LogP contribution in [0.15, 0.2) is 42.5 Å². The van der Waals surface area contributed by atoms with Crippen molar-refractivity contribution in [1.29, 1.82) is 0 Å². The van der Waals surface area contributed by atoms with Crippen molar-refractivity contribution in [3.8, 4) is 0 Å². The molecule has 7 nitrogen and oxygen atoms in total. The highest BCUT2D eigenvalue weighted by atomic mass is 16.6. The van der Waals surface area contributed by atoms with E-state index in [4.69, 9.17) is 0 Å². The number of nitrogens with one attached hydrogen (secondary N) is 1. The Morgan fingerprint density at radius 3 is 2.82 bits per heavy atom. The van der Waals surface area contributed by atoms with E-state index in [0.29, 0.717) is 17.4 Å². The van der Waals surface area contributed by atoms with Gasteiger partial charge in [-0.2, -0.15) is 5.10 Å². The van der Waals surface area contributed by atoms with Crippen molar-refractivity contribution >= 4 is 22.5 Å². The summed E-state index contributed by atoms with van der Waals surface area (Å²) in [6.45, 7) is 2.68. The summed E-state index contributed by atoms with van der Waals surface area (Å²) in [6, 6.07) is 12.9. The van der Waals surface area contributed by atoms with E-state index in [1.165, 1.54) is 23.3 Å². The van der Waals surface area contributed by atoms with Gasteiger partial charge in [0.05, 0.1) is 10.4 Å². The van der Waals surface area contributed by atoms with E-state index >= 15 is 0 Å². The molecule has 2 aromatic carbocycles. The molecule has 1 aromatic heterocycles. The van der Waals surface area contributed by atoms with Crippen molar-refractivity contribution in [3.05, 3.63) is 69.4 Å². The maximum Gasteiger partial charge on any atom is 0.275 e. The van der Waals surface area contributed by atoms with Crippen LogP contribution in [0.2, 0.25) is 0 Å². The van der Waals surface area contributed by atoms with Crippen molar-refractivity contribution in [3.63, 3.8) is 0 Å². The molecule has 1 heterocycles. The van der Waals surface area contributed by atoms with Crippen LogP contribution in [0.25, 0.3) is 10.9 Å². The molecule has 0 radical (unpaired) electrons. The molecular formula is C21H22N4O3. The van der Waals surface area contributed by atoms with E-state index in [1.54, 1.807) is 6.07 Å². The number of hydrogen-bond donors (Lipinski definition) is 1. The molecule has 0 fully saturated rings. The Hall–Kier alpha value is -3.22. The van der Waals surface area contributed by atoms with Gasteiger partial charge in [0.1, 0.15) is 0 Å². The Labute approximate surface area is 162 Å². The van der Waals surface area contributed by atoms with E-state index in [2.05, 4.69) is 28.4 Å². The summed E-state index contributed by atoms with van der Waals surface area (Å²) in [7, 11) is 0. The first-order valence-electron chi connectivity index (χ1n) is 9.58. The number of aryl methyl sites for hydroxylation is 1. The van der Waals surface area contributed by atoms with Crippen LogP contribution < -0.4 is 0 Å². The zero-order valence-corrected chi connectivity index (χ0v) is 15.7. The maximum absolute atomic E-state index is 13.4. The minimum atomic E-state index is -0.456. The van der Waals surface area contributed by atoms with Crippen LogP contribution >= 0.6 is 0 Å². The lowest BCUT2D eigenvalue weighted by atomic mass is 9.87. The van der Waals surface area contributed by atoms with Crippen molar-refractivity contribution in [2.75, 3.05) is 6.54 Å². The highest BCUT2D eigenvalue weighted by Gasteiger charge is 2.30. The Morgan fingerprint density at radius 2 is 2.07 bits per heavy atom. The lowest BCUT2D eigenvalue weighted by Gasteiger charge is -2.35. The minimum absolute atomic E-state index is 0.0448. The van der Waals surface area contributed by atoms with E-state index in [-0.39, 0.29) is 23.3 Å². The molecule has 7 heteroatoms. The molecule has 0 spiro atoms. The van der Waals surface area contributed by atoms with Crippen LogP contribution in [0.1, 0.15) is 41.4 Å². The Morgan fingerprint density at radius 1 is 1.29 bits per heavy atom. The number of carbonyl (C=O) groups excluding carboxylic acids is 1. The quantitative estimate of drug-likeness (QED) is 0.539. The molecule has 0 saturated carbocycles. The fourth-order valence-electron chi connectivity index (χ4n) is 4.05. The normalized spacial score (nSPS) is 16.0. The molecule has 4 rings (SSSR count). The molecular weight excluding hydrogens is 356 g/mol. The molecule has 0 saturated heterocycles. The number of amides is 1. The monoisotopic (exact) mass is 378 g/mol. The predicted octanol–water partition coefficient (Wildman–Crippen LogP) is 3.88. The molecule has 1 amide bonds. The SMILES string of the molecule is CCCN(C(=O)c1n[nH]c2ccc([N+](=O)[O-])cc12)C1CCc2ccccc2C1. The van der Waals surface area contributed by atoms with Gasteiger partial charge in [0, 0.05) is 30.1 Å². The molecule has 0 aliphatic heterocycles. The van der Waals surface area contributed by atoms with Crippen LogP contribution in [-0.4, -0.2) is 38.5 Å². The molecule has 3 aromatic rings. The molecule has 1 atom stereocenters. The standard InChI is InChI=1S/C21H22N4O3/c1-2-11-24(16-8-7-14-5-3-4-6-15(14)12-16)21(26)20-18-13-17(25(27)28)9-10-19(18)22-23-20/h3-6,9-10,13,16H,2,7-8,11-12H2,1H3,(H,22,23). The van der Waals surface area contributed by atoms with E-state index in [0.717, 1.165) is 25.7 Å². The number of benzene rings is 2. The van der Waals surface area contributed by atoms with E-state index in [1.807, 2.05) is 17.9 Å². The van der Waals surface area contributed by atoms with Crippen molar-refractivity contribution in [1.82, 2.24) is 15.1 Å². The van der Waals surface area contributed by atoms with Crippen LogP contribution in [0.3, 0.4) is 0 Å². The number of H-pyrrole nitrogens is 1. The number of hydrogen-bond acceptors (Lipinski definition) is 4.